The molecule has 1 aliphatic heterocycles. The van der Waals surface area contributed by atoms with E-state index in [-0.39, 0.29) is 11.1 Å². The summed E-state index contributed by atoms with van der Waals surface area (Å²) in [5.41, 5.74) is 5.84. The number of hydrogen-bond donors (Lipinski definition) is 1. The molecule has 0 aromatic rings. The SMILES string of the molecule is COCC1(CCC(C)(C)N)CCCCO1. The molecule has 0 aliphatic carbocycles. The number of methoxy groups -OCH3 is 1. The molecule has 0 spiro atoms. The van der Waals surface area contributed by atoms with Crippen LogP contribution in [-0.2, 0) is 9.47 Å². The molecule has 0 amide bonds. The third-order valence-corrected chi connectivity index (χ3v) is 3.07. The van der Waals surface area contributed by atoms with E-state index >= 15 is 0 Å². The van der Waals surface area contributed by atoms with Crippen molar-refractivity contribution in [3.63, 3.8) is 0 Å². The highest BCUT2D eigenvalue weighted by Gasteiger charge is 2.34. The van der Waals surface area contributed by atoms with Crippen molar-refractivity contribution < 1.29 is 9.47 Å². The van der Waals surface area contributed by atoms with Gasteiger partial charge < -0.3 is 15.2 Å². The largest absolute Gasteiger partial charge is 0.382 e. The first-order valence-corrected chi connectivity index (χ1v) is 5.89. The van der Waals surface area contributed by atoms with E-state index in [4.69, 9.17) is 15.2 Å². The first kappa shape index (κ1) is 12.9. The van der Waals surface area contributed by atoms with E-state index in [1.807, 2.05) is 0 Å². The maximum Gasteiger partial charge on any atom is 0.0915 e. The van der Waals surface area contributed by atoms with Crippen molar-refractivity contribution in [3.8, 4) is 0 Å². The van der Waals surface area contributed by atoms with Crippen LogP contribution in [0, 0.1) is 0 Å². The molecule has 0 aromatic carbocycles. The van der Waals surface area contributed by atoms with Crippen molar-refractivity contribution in [2.75, 3.05) is 20.3 Å². The summed E-state index contributed by atoms with van der Waals surface area (Å²) in [7, 11) is 1.74. The minimum absolute atomic E-state index is 0.0658. The smallest absolute Gasteiger partial charge is 0.0915 e. The summed E-state index contributed by atoms with van der Waals surface area (Å²) in [4.78, 5) is 0. The molecule has 0 saturated carbocycles. The Hall–Kier alpha value is -0.120. The van der Waals surface area contributed by atoms with Crippen LogP contribution in [0.4, 0.5) is 0 Å². The van der Waals surface area contributed by atoms with Crippen molar-refractivity contribution >= 4 is 0 Å². The molecule has 3 heteroatoms. The van der Waals surface area contributed by atoms with E-state index in [1.54, 1.807) is 7.11 Å². The molecule has 0 aromatic heterocycles. The lowest BCUT2D eigenvalue weighted by molar-refractivity contribution is -0.122. The van der Waals surface area contributed by atoms with Gasteiger partial charge in [-0.05, 0) is 46.0 Å². The van der Waals surface area contributed by atoms with E-state index in [0.717, 1.165) is 25.9 Å². The second kappa shape index (κ2) is 5.28. The van der Waals surface area contributed by atoms with Crippen LogP contribution in [0.5, 0.6) is 0 Å². The molecule has 1 rings (SSSR count). The van der Waals surface area contributed by atoms with Gasteiger partial charge >= 0.3 is 0 Å². The Labute approximate surface area is 93.3 Å². The average molecular weight is 215 g/mol. The van der Waals surface area contributed by atoms with Crippen molar-refractivity contribution in [2.24, 2.45) is 5.73 Å². The van der Waals surface area contributed by atoms with Gasteiger partial charge in [0.05, 0.1) is 12.2 Å². The maximum atomic E-state index is 6.01. The van der Waals surface area contributed by atoms with Crippen molar-refractivity contribution in [1.82, 2.24) is 0 Å². The third kappa shape index (κ3) is 4.49. The lowest BCUT2D eigenvalue weighted by Gasteiger charge is -2.38. The highest BCUT2D eigenvalue weighted by molar-refractivity contribution is 4.87. The van der Waals surface area contributed by atoms with Crippen molar-refractivity contribution in [3.05, 3.63) is 0 Å². The van der Waals surface area contributed by atoms with Crippen molar-refractivity contribution in [2.45, 2.75) is 57.1 Å². The predicted octanol–water partition coefficient (Wildman–Crippen LogP) is 2.09. The molecule has 90 valence electrons. The molecule has 1 fully saturated rings. The molecule has 1 heterocycles. The first-order chi connectivity index (χ1) is 6.97. The third-order valence-electron chi connectivity index (χ3n) is 3.07. The van der Waals surface area contributed by atoms with Gasteiger partial charge in [0.2, 0.25) is 0 Å². The molecule has 1 atom stereocenters. The van der Waals surface area contributed by atoms with Crippen LogP contribution < -0.4 is 5.73 Å². The zero-order valence-corrected chi connectivity index (χ0v) is 10.3. The highest BCUT2D eigenvalue weighted by atomic mass is 16.5. The van der Waals surface area contributed by atoms with Crippen LogP contribution in [0.1, 0.15) is 46.0 Å². The normalized spacial score (nSPS) is 28.0. The molecule has 2 N–H and O–H groups in total. The second-order valence-electron chi connectivity index (χ2n) is 5.41. The highest BCUT2D eigenvalue weighted by Crippen LogP contribution is 2.31. The Morgan fingerprint density at radius 1 is 1.40 bits per heavy atom. The van der Waals surface area contributed by atoms with Gasteiger partial charge in [-0.1, -0.05) is 0 Å². The van der Waals surface area contributed by atoms with Gasteiger partial charge in [0.25, 0.3) is 0 Å². The average Bonchev–Trinajstić information content (AvgIpc) is 2.16. The Balaban J connectivity index is 2.48. The lowest BCUT2D eigenvalue weighted by atomic mass is 9.85. The molecule has 3 nitrogen and oxygen atoms in total. The van der Waals surface area contributed by atoms with Crippen LogP contribution in [0.3, 0.4) is 0 Å². The minimum atomic E-state index is -0.110. The van der Waals surface area contributed by atoms with E-state index in [2.05, 4.69) is 13.8 Å². The van der Waals surface area contributed by atoms with Crippen LogP contribution in [0.2, 0.25) is 0 Å². The summed E-state index contributed by atoms with van der Waals surface area (Å²) in [6.07, 6.45) is 5.52. The molecule has 15 heavy (non-hydrogen) atoms. The van der Waals surface area contributed by atoms with Crippen LogP contribution >= 0.6 is 0 Å². The van der Waals surface area contributed by atoms with E-state index < -0.39 is 0 Å². The van der Waals surface area contributed by atoms with Gasteiger partial charge in [-0.3, -0.25) is 0 Å². The monoisotopic (exact) mass is 215 g/mol. The van der Waals surface area contributed by atoms with Gasteiger partial charge in [0, 0.05) is 19.3 Å². The van der Waals surface area contributed by atoms with Crippen molar-refractivity contribution in [1.29, 1.82) is 0 Å². The molecular formula is C12H25NO2. The maximum absolute atomic E-state index is 6.01. The summed E-state index contributed by atoms with van der Waals surface area (Å²) in [5.74, 6) is 0. The quantitative estimate of drug-likeness (QED) is 0.763. The number of ether oxygens (including phenoxy) is 2. The van der Waals surface area contributed by atoms with Gasteiger partial charge in [-0.15, -0.1) is 0 Å². The summed E-state index contributed by atoms with van der Waals surface area (Å²) in [5, 5.41) is 0. The summed E-state index contributed by atoms with van der Waals surface area (Å²) < 4.78 is 11.2. The van der Waals surface area contributed by atoms with E-state index in [0.29, 0.717) is 6.61 Å². The van der Waals surface area contributed by atoms with Gasteiger partial charge in [0.15, 0.2) is 0 Å². The van der Waals surface area contributed by atoms with Crippen LogP contribution in [0.15, 0.2) is 0 Å². The Kier molecular flexibility index (Phi) is 4.56. The lowest BCUT2D eigenvalue weighted by Crippen LogP contribution is -2.43. The molecule has 0 bridgehead atoms. The molecule has 1 saturated heterocycles. The Morgan fingerprint density at radius 3 is 2.60 bits per heavy atom. The van der Waals surface area contributed by atoms with E-state index in [1.165, 1.54) is 12.8 Å². The fraction of sp³-hybridized carbons (Fsp3) is 1.00. The standard InChI is InChI=1S/C12H25NO2/c1-11(2,13)7-8-12(10-14-3)6-4-5-9-15-12/h4-10,13H2,1-3H3. The summed E-state index contributed by atoms with van der Waals surface area (Å²) >= 11 is 0. The second-order valence-corrected chi connectivity index (χ2v) is 5.41. The zero-order chi connectivity index (χ0) is 11.4. The molecule has 0 radical (unpaired) electrons. The van der Waals surface area contributed by atoms with Gasteiger partial charge in [0.1, 0.15) is 0 Å². The van der Waals surface area contributed by atoms with Gasteiger partial charge in [-0.2, -0.15) is 0 Å². The Morgan fingerprint density at radius 2 is 2.13 bits per heavy atom. The number of nitrogens with two attached hydrogens (primary N) is 1. The zero-order valence-electron chi connectivity index (χ0n) is 10.3. The summed E-state index contributed by atoms with van der Waals surface area (Å²) in [6.45, 7) is 5.70. The minimum Gasteiger partial charge on any atom is -0.382 e. The van der Waals surface area contributed by atoms with Gasteiger partial charge in [-0.25, -0.2) is 0 Å². The topological polar surface area (TPSA) is 44.5 Å². The molecule has 1 unspecified atom stereocenters. The van der Waals surface area contributed by atoms with Crippen LogP contribution in [0.25, 0.3) is 0 Å². The molecular weight excluding hydrogens is 190 g/mol. The number of rotatable bonds is 5. The van der Waals surface area contributed by atoms with E-state index in [9.17, 15) is 0 Å². The summed E-state index contributed by atoms with van der Waals surface area (Å²) in [6, 6.07) is 0. The Bertz CT molecular complexity index is 175. The fourth-order valence-corrected chi connectivity index (χ4v) is 2.11. The fourth-order valence-electron chi connectivity index (χ4n) is 2.11. The predicted molar refractivity (Wildman–Crippen MR) is 61.9 cm³/mol. The molecule has 1 aliphatic rings. The van der Waals surface area contributed by atoms with Crippen LogP contribution in [-0.4, -0.2) is 31.5 Å². The first-order valence-electron chi connectivity index (χ1n) is 5.89. The number of hydrogen-bond acceptors (Lipinski definition) is 3.